The van der Waals surface area contributed by atoms with E-state index in [1.54, 1.807) is 0 Å². The van der Waals surface area contributed by atoms with Gasteiger partial charge in [0.05, 0.1) is 22.0 Å². The number of imidazole rings is 1. The van der Waals surface area contributed by atoms with Gasteiger partial charge in [-0.15, -0.1) is 0 Å². The van der Waals surface area contributed by atoms with Crippen LogP contribution in [0, 0.1) is 5.92 Å². The lowest BCUT2D eigenvalue weighted by molar-refractivity contribution is -0.142. The summed E-state index contributed by atoms with van der Waals surface area (Å²) < 4.78 is 2.05. The van der Waals surface area contributed by atoms with Crippen molar-refractivity contribution in [2.24, 2.45) is 5.92 Å². The van der Waals surface area contributed by atoms with Gasteiger partial charge in [0.2, 0.25) is 0 Å². The molecule has 2 atom stereocenters. The zero-order chi connectivity index (χ0) is 15.0. The van der Waals surface area contributed by atoms with Crippen molar-refractivity contribution < 1.29 is 9.90 Å². The summed E-state index contributed by atoms with van der Waals surface area (Å²) in [4.78, 5) is 16.2. The van der Waals surface area contributed by atoms with E-state index in [1.807, 2.05) is 37.3 Å². The Morgan fingerprint density at radius 1 is 1.43 bits per heavy atom. The van der Waals surface area contributed by atoms with E-state index in [2.05, 4.69) is 9.55 Å². The number of aliphatic carboxylic acids is 1. The molecule has 110 valence electrons. The molecular formula is C16H17ClN2O2. The van der Waals surface area contributed by atoms with E-state index in [-0.39, 0.29) is 5.92 Å². The lowest BCUT2D eigenvalue weighted by atomic mass is 9.82. The predicted molar refractivity (Wildman–Crippen MR) is 82.7 cm³/mol. The van der Waals surface area contributed by atoms with Gasteiger partial charge in [0.25, 0.3) is 0 Å². The molecule has 1 N–H and O–H groups in total. The van der Waals surface area contributed by atoms with Crippen molar-refractivity contribution in [2.45, 2.75) is 32.2 Å². The van der Waals surface area contributed by atoms with E-state index in [0.29, 0.717) is 17.9 Å². The van der Waals surface area contributed by atoms with Crippen LogP contribution in [0.25, 0.3) is 11.0 Å². The number of carboxylic acids is 1. The molecule has 0 spiro atoms. The fourth-order valence-electron chi connectivity index (χ4n) is 3.14. The first-order valence-electron chi connectivity index (χ1n) is 7.16. The Kier molecular flexibility index (Phi) is 3.72. The van der Waals surface area contributed by atoms with Gasteiger partial charge < -0.3 is 9.67 Å². The summed E-state index contributed by atoms with van der Waals surface area (Å²) >= 11 is 6.30. The summed E-state index contributed by atoms with van der Waals surface area (Å²) in [6.45, 7) is 2.75. The van der Waals surface area contributed by atoms with Gasteiger partial charge in [-0.1, -0.05) is 29.8 Å². The Balaban J connectivity index is 2.17. The van der Waals surface area contributed by atoms with Crippen molar-refractivity contribution in [3.63, 3.8) is 0 Å². The molecule has 1 aliphatic rings. The molecule has 1 aromatic carbocycles. The standard InChI is InChI=1S/C16H17ClN2O2/c1-2-19-14-12(17)8-5-9-13(14)18-15(19)10-6-3-4-7-11(10)16(20)21/h3-5,8-11H,2,6-7H2,1H3,(H,20,21)/t10-,11+/m1/s1. The van der Waals surface area contributed by atoms with Crippen molar-refractivity contribution in [3.8, 4) is 0 Å². The zero-order valence-electron chi connectivity index (χ0n) is 11.8. The molecule has 1 heterocycles. The number of aromatic nitrogens is 2. The summed E-state index contributed by atoms with van der Waals surface area (Å²) in [7, 11) is 0. The molecule has 2 aromatic rings. The second-order valence-electron chi connectivity index (χ2n) is 5.32. The molecule has 0 fully saturated rings. The van der Waals surface area contributed by atoms with Gasteiger partial charge >= 0.3 is 5.97 Å². The van der Waals surface area contributed by atoms with Gasteiger partial charge in [0, 0.05) is 12.5 Å². The van der Waals surface area contributed by atoms with Crippen molar-refractivity contribution >= 4 is 28.6 Å². The quantitative estimate of drug-likeness (QED) is 0.876. The fraction of sp³-hybridized carbons (Fsp3) is 0.375. The van der Waals surface area contributed by atoms with Crippen molar-refractivity contribution in [2.75, 3.05) is 0 Å². The third-order valence-electron chi connectivity index (χ3n) is 4.14. The van der Waals surface area contributed by atoms with Gasteiger partial charge in [-0.05, 0) is 31.9 Å². The molecule has 3 rings (SSSR count). The summed E-state index contributed by atoms with van der Waals surface area (Å²) in [5.74, 6) is -0.450. The van der Waals surface area contributed by atoms with Gasteiger partial charge in [-0.25, -0.2) is 4.98 Å². The number of halogens is 1. The average molecular weight is 305 g/mol. The van der Waals surface area contributed by atoms with Gasteiger partial charge in [-0.3, -0.25) is 4.79 Å². The van der Waals surface area contributed by atoms with Gasteiger partial charge in [0.15, 0.2) is 0 Å². The predicted octanol–water partition coefficient (Wildman–Crippen LogP) is 3.84. The summed E-state index contributed by atoms with van der Waals surface area (Å²) in [5.41, 5.74) is 1.73. The van der Waals surface area contributed by atoms with E-state index in [9.17, 15) is 9.90 Å². The summed E-state index contributed by atoms with van der Waals surface area (Å²) in [6.07, 6.45) is 5.25. The molecule has 4 nitrogen and oxygen atoms in total. The first kappa shape index (κ1) is 14.1. The smallest absolute Gasteiger partial charge is 0.307 e. The molecule has 0 amide bonds. The van der Waals surface area contributed by atoms with Crippen molar-refractivity contribution in [3.05, 3.63) is 41.2 Å². The number of nitrogens with zero attached hydrogens (tertiary/aromatic N) is 2. The van der Waals surface area contributed by atoms with E-state index in [1.165, 1.54) is 0 Å². The SMILES string of the molecule is CCn1c([C@@H]2CC=CC[C@@H]2C(=O)O)nc2cccc(Cl)c21. The monoisotopic (exact) mass is 304 g/mol. The molecule has 0 radical (unpaired) electrons. The van der Waals surface area contributed by atoms with E-state index < -0.39 is 11.9 Å². The van der Waals surface area contributed by atoms with Crippen LogP contribution in [-0.4, -0.2) is 20.6 Å². The zero-order valence-corrected chi connectivity index (χ0v) is 12.5. The van der Waals surface area contributed by atoms with E-state index in [0.717, 1.165) is 23.4 Å². The molecule has 21 heavy (non-hydrogen) atoms. The maximum Gasteiger partial charge on any atom is 0.307 e. The van der Waals surface area contributed by atoms with Gasteiger partial charge in [0.1, 0.15) is 5.82 Å². The topological polar surface area (TPSA) is 55.1 Å². The van der Waals surface area contributed by atoms with Crippen molar-refractivity contribution in [1.29, 1.82) is 0 Å². The lowest BCUT2D eigenvalue weighted by Gasteiger charge is -2.25. The number of para-hydroxylation sites is 1. The first-order valence-corrected chi connectivity index (χ1v) is 7.53. The number of rotatable bonds is 3. The number of allylic oxidation sites excluding steroid dienone is 2. The number of carboxylic acid groups (broad SMARTS) is 1. The fourth-order valence-corrected chi connectivity index (χ4v) is 3.41. The summed E-state index contributed by atoms with van der Waals surface area (Å²) in [5, 5.41) is 10.1. The Hall–Kier alpha value is -1.81. The highest BCUT2D eigenvalue weighted by atomic mass is 35.5. The lowest BCUT2D eigenvalue weighted by Crippen LogP contribution is -2.26. The molecule has 0 saturated carbocycles. The van der Waals surface area contributed by atoms with Gasteiger partial charge in [-0.2, -0.15) is 0 Å². The molecule has 1 aromatic heterocycles. The van der Waals surface area contributed by atoms with Crippen LogP contribution in [0.2, 0.25) is 5.02 Å². The van der Waals surface area contributed by atoms with E-state index >= 15 is 0 Å². The van der Waals surface area contributed by atoms with Crippen LogP contribution in [0.5, 0.6) is 0 Å². The Morgan fingerprint density at radius 2 is 2.19 bits per heavy atom. The normalized spacial score (nSPS) is 21.8. The van der Waals surface area contributed by atoms with Crippen LogP contribution >= 0.6 is 11.6 Å². The average Bonchev–Trinajstić information content (AvgIpc) is 2.87. The number of hydrogen-bond donors (Lipinski definition) is 1. The number of hydrogen-bond acceptors (Lipinski definition) is 2. The number of benzene rings is 1. The molecule has 0 aliphatic heterocycles. The Bertz CT molecular complexity index is 720. The maximum atomic E-state index is 11.5. The second-order valence-corrected chi connectivity index (χ2v) is 5.72. The molecular weight excluding hydrogens is 288 g/mol. The minimum absolute atomic E-state index is 0.101. The van der Waals surface area contributed by atoms with Crippen LogP contribution < -0.4 is 0 Å². The second kappa shape index (κ2) is 5.53. The number of aryl methyl sites for hydroxylation is 1. The Labute approximate surface area is 128 Å². The van der Waals surface area contributed by atoms with E-state index in [4.69, 9.17) is 11.6 Å². The number of fused-ring (bicyclic) bond motifs is 1. The number of carbonyl (C=O) groups is 1. The Morgan fingerprint density at radius 3 is 2.90 bits per heavy atom. The minimum atomic E-state index is -0.759. The molecule has 5 heteroatoms. The largest absolute Gasteiger partial charge is 0.481 e. The molecule has 0 unspecified atom stereocenters. The third kappa shape index (κ3) is 2.33. The molecule has 0 bridgehead atoms. The van der Waals surface area contributed by atoms with Crippen molar-refractivity contribution in [1.82, 2.24) is 9.55 Å². The first-order chi connectivity index (χ1) is 10.1. The maximum absolute atomic E-state index is 11.5. The van der Waals surface area contributed by atoms with Crippen LogP contribution in [-0.2, 0) is 11.3 Å². The molecule has 0 saturated heterocycles. The van der Waals surface area contributed by atoms with Crippen LogP contribution in [0.1, 0.15) is 31.5 Å². The van der Waals surface area contributed by atoms with Crippen LogP contribution in [0.4, 0.5) is 0 Å². The highest BCUT2D eigenvalue weighted by molar-refractivity contribution is 6.35. The minimum Gasteiger partial charge on any atom is -0.481 e. The highest BCUT2D eigenvalue weighted by Gasteiger charge is 2.33. The van der Waals surface area contributed by atoms with Crippen LogP contribution in [0.15, 0.2) is 30.4 Å². The highest BCUT2D eigenvalue weighted by Crippen LogP contribution is 2.37. The molecule has 1 aliphatic carbocycles. The third-order valence-corrected chi connectivity index (χ3v) is 4.45. The summed E-state index contributed by atoms with van der Waals surface area (Å²) in [6, 6.07) is 5.64. The van der Waals surface area contributed by atoms with Crippen LogP contribution in [0.3, 0.4) is 0 Å².